The molecule has 9 N–H and O–H groups in total. The molecule has 1 aromatic heterocycles. The van der Waals surface area contributed by atoms with Crippen LogP contribution in [0.25, 0.3) is 0 Å². The molecular formula is C21H32N6O9. The molecule has 200 valence electrons. The molecule has 15 heteroatoms. The highest BCUT2D eigenvalue weighted by Gasteiger charge is 2.33. The maximum Gasteiger partial charge on any atom is 0.326 e. The molecule has 1 heterocycles. The van der Waals surface area contributed by atoms with Crippen LogP contribution in [-0.4, -0.2) is 85.1 Å². The summed E-state index contributed by atoms with van der Waals surface area (Å²) < 4.78 is 0. The molecule has 3 amide bonds. The number of imidazole rings is 1. The lowest BCUT2D eigenvalue weighted by atomic mass is 9.97. The van der Waals surface area contributed by atoms with Gasteiger partial charge in [0.1, 0.15) is 18.1 Å². The van der Waals surface area contributed by atoms with Gasteiger partial charge in [-0.1, -0.05) is 20.3 Å². The molecule has 0 spiro atoms. The number of nitrogens with zero attached hydrogens (tertiary/aromatic N) is 1. The van der Waals surface area contributed by atoms with Crippen molar-refractivity contribution in [3.8, 4) is 0 Å². The first-order valence-electron chi connectivity index (χ1n) is 11.2. The molecule has 5 unspecified atom stereocenters. The van der Waals surface area contributed by atoms with Crippen LogP contribution in [0.5, 0.6) is 0 Å². The summed E-state index contributed by atoms with van der Waals surface area (Å²) >= 11 is 0. The monoisotopic (exact) mass is 512 g/mol. The number of aromatic nitrogens is 2. The predicted octanol–water partition coefficient (Wildman–Crippen LogP) is -1.80. The van der Waals surface area contributed by atoms with Crippen LogP contribution in [0, 0.1) is 5.92 Å². The third-order valence-electron chi connectivity index (χ3n) is 5.40. The number of carbonyl (C=O) groups is 6. The normalized spacial score (nSPS) is 15.0. The van der Waals surface area contributed by atoms with Gasteiger partial charge in [-0.3, -0.25) is 24.0 Å². The van der Waals surface area contributed by atoms with Gasteiger partial charge in [-0.15, -0.1) is 0 Å². The van der Waals surface area contributed by atoms with Crippen LogP contribution in [0.2, 0.25) is 0 Å². The molecule has 0 aromatic carbocycles. The number of aliphatic carboxylic acids is 3. The molecule has 36 heavy (non-hydrogen) atoms. The molecule has 5 atom stereocenters. The zero-order chi connectivity index (χ0) is 27.4. The maximum absolute atomic E-state index is 13.1. The van der Waals surface area contributed by atoms with E-state index in [4.69, 9.17) is 15.9 Å². The van der Waals surface area contributed by atoms with E-state index in [2.05, 4.69) is 25.9 Å². The summed E-state index contributed by atoms with van der Waals surface area (Å²) in [6, 6.07) is -5.42. The fourth-order valence-corrected chi connectivity index (χ4v) is 3.11. The Hall–Kier alpha value is -4.01. The highest BCUT2D eigenvalue weighted by atomic mass is 16.4. The summed E-state index contributed by atoms with van der Waals surface area (Å²) in [4.78, 5) is 78.1. The first kappa shape index (κ1) is 30.0. The third-order valence-corrected chi connectivity index (χ3v) is 5.40. The first-order valence-corrected chi connectivity index (χ1v) is 11.2. The summed E-state index contributed by atoms with van der Waals surface area (Å²) in [6.07, 6.45) is 1.63. The highest BCUT2D eigenvalue weighted by Crippen LogP contribution is 2.10. The second kappa shape index (κ2) is 14.4. The van der Waals surface area contributed by atoms with E-state index in [1.807, 2.05) is 0 Å². The van der Waals surface area contributed by atoms with Crippen molar-refractivity contribution in [2.24, 2.45) is 11.7 Å². The summed E-state index contributed by atoms with van der Waals surface area (Å²) in [5.41, 5.74) is 6.15. The molecule has 1 aromatic rings. The van der Waals surface area contributed by atoms with E-state index in [1.165, 1.54) is 12.5 Å². The van der Waals surface area contributed by atoms with E-state index in [0.717, 1.165) is 0 Å². The third kappa shape index (κ3) is 10.1. The van der Waals surface area contributed by atoms with Gasteiger partial charge in [0.2, 0.25) is 17.7 Å². The fraction of sp³-hybridized carbons (Fsp3) is 0.571. The molecule has 0 radical (unpaired) electrons. The van der Waals surface area contributed by atoms with Crippen LogP contribution < -0.4 is 21.7 Å². The van der Waals surface area contributed by atoms with Gasteiger partial charge in [0.25, 0.3) is 0 Å². The average Bonchev–Trinajstić information content (AvgIpc) is 3.31. The number of rotatable bonds is 16. The Kier molecular flexibility index (Phi) is 12.0. The number of hydrogen-bond donors (Lipinski definition) is 8. The lowest BCUT2D eigenvalue weighted by Gasteiger charge is -2.27. The molecule has 0 saturated carbocycles. The van der Waals surface area contributed by atoms with E-state index in [9.17, 15) is 33.9 Å². The van der Waals surface area contributed by atoms with Crippen molar-refractivity contribution in [3.63, 3.8) is 0 Å². The second-order valence-electron chi connectivity index (χ2n) is 8.25. The number of nitrogens with one attached hydrogen (secondary N) is 4. The van der Waals surface area contributed by atoms with Gasteiger partial charge in [-0.05, 0) is 12.3 Å². The Labute approximate surface area is 206 Å². The van der Waals surface area contributed by atoms with Crippen LogP contribution in [0.3, 0.4) is 0 Å². The summed E-state index contributed by atoms with van der Waals surface area (Å²) in [5, 5.41) is 34.0. The summed E-state index contributed by atoms with van der Waals surface area (Å²) in [7, 11) is 0. The zero-order valence-electron chi connectivity index (χ0n) is 19.9. The minimum atomic E-state index is -1.74. The largest absolute Gasteiger partial charge is 0.481 e. The van der Waals surface area contributed by atoms with Crippen molar-refractivity contribution >= 4 is 35.6 Å². The van der Waals surface area contributed by atoms with Gasteiger partial charge in [0.15, 0.2) is 0 Å². The topological polar surface area (TPSA) is 254 Å². The molecule has 0 fully saturated rings. The number of carboxylic acids is 3. The quantitative estimate of drug-likeness (QED) is 0.123. The highest BCUT2D eigenvalue weighted by molar-refractivity contribution is 5.95. The van der Waals surface area contributed by atoms with Gasteiger partial charge in [-0.25, -0.2) is 9.78 Å². The number of H-pyrrole nitrogens is 1. The molecule has 15 nitrogen and oxygen atoms in total. The fourth-order valence-electron chi connectivity index (χ4n) is 3.11. The first-order chi connectivity index (χ1) is 16.8. The standard InChI is InChI=1S/C21H32N6O9/c1-3-10(2)17(27-18(32)12(22)4-5-15(28)29)20(34)25-13(6-11-8-23-9-24-11)19(33)26-14(21(35)36)7-16(30)31/h8-10,12-14,17H,3-7,22H2,1-2H3,(H,23,24)(H,25,34)(H,26,33)(H,27,32)(H,28,29)(H,30,31)(H,35,36). The molecule has 0 saturated heterocycles. The van der Waals surface area contributed by atoms with Gasteiger partial charge >= 0.3 is 17.9 Å². The molecule has 0 aliphatic carbocycles. The maximum atomic E-state index is 13.1. The van der Waals surface area contributed by atoms with Crippen molar-refractivity contribution in [3.05, 3.63) is 18.2 Å². The minimum Gasteiger partial charge on any atom is -0.481 e. The number of carboxylic acid groups (broad SMARTS) is 3. The lowest BCUT2D eigenvalue weighted by molar-refractivity contribution is -0.147. The molecule has 0 aliphatic heterocycles. The molecule has 0 bridgehead atoms. The van der Waals surface area contributed by atoms with Crippen LogP contribution in [0.15, 0.2) is 12.5 Å². The van der Waals surface area contributed by atoms with Crippen molar-refractivity contribution < 1.29 is 44.1 Å². The average molecular weight is 513 g/mol. The van der Waals surface area contributed by atoms with Crippen LogP contribution in [0.1, 0.15) is 45.2 Å². The molecule has 1 rings (SSSR count). The Morgan fingerprint density at radius 3 is 2.11 bits per heavy atom. The summed E-state index contributed by atoms with van der Waals surface area (Å²) in [5.74, 6) is -7.06. The predicted molar refractivity (Wildman–Crippen MR) is 122 cm³/mol. The Balaban J connectivity index is 3.07. The van der Waals surface area contributed by atoms with E-state index >= 15 is 0 Å². The van der Waals surface area contributed by atoms with Crippen LogP contribution >= 0.6 is 0 Å². The number of carbonyl (C=O) groups excluding carboxylic acids is 3. The van der Waals surface area contributed by atoms with Crippen molar-refractivity contribution in [1.29, 1.82) is 0 Å². The van der Waals surface area contributed by atoms with Gasteiger partial charge < -0.3 is 42.0 Å². The van der Waals surface area contributed by atoms with E-state index in [1.54, 1.807) is 13.8 Å². The van der Waals surface area contributed by atoms with Gasteiger partial charge in [0.05, 0.1) is 18.8 Å². The van der Waals surface area contributed by atoms with Crippen molar-refractivity contribution in [2.45, 2.75) is 70.1 Å². The van der Waals surface area contributed by atoms with Crippen molar-refractivity contribution in [2.75, 3.05) is 0 Å². The number of amides is 3. The Morgan fingerprint density at radius 1 is 0.972 bits per heavy atom. The number of aromatic amines is 1. The Bertz CT molecular complexity index is 936. The smallest absolute Gasteiger partial charge is 0.326 e. The minimum absolute atomic E-state index is 0.143. The van der Waals surface area contributed by atoms with Crippen LogP contribution in [0.4, 0.5) is 0 Å². The number of nitrogens with two attached hydrogens (primary N) is 1. The summed E-state index contributed by atoms with van der Waals surface area (Å²) in [6.45, 7) is 3.43. The lowest BCUT2D eigenvalue weighted by Crippen LogP contribution is -2.59. The van der Waals surface area contributed by atoms with Crippen molar-refractivity contribution in [1.82, 2.24) is 25.9 Å². The van der Waals surface area contributed by atoms with E-state index in [0.29, 0.717) is 12.1 Å². The SMILES string of the molecule is CCC(C)C(NC(=O)C(N)CCC(=O)O)C(=O)NC(Cc1cnc[nH]1)C(=O)NC(CC(=O)O)C(=O)O. The molecular weight excluding hydrogens is 480 g/mol. The molecule has 0 aliphatic rings. The van der Waals surface area contributed by atoms with Crippen LogP contribution in [-0.2, 0) is 35.2 Å². The van der Waals surface area contributed by atoms with Gasteiger partial charge in [0, 0.05) is 24.7 Å². The second-order valence-corrected chi connectivity index (χ2v) is 8.25. The zero-order valence-corrected chi connectivity index (χ0v) is 19.9. The number of hydrogen-bond acceptors (Lipinski definition) is 8. The Morgan fingerprint density at radius 2 is 1.61 bits per heavy atom. The van der Waals surface area contributed by atoms with Gasteiger partial charge in [-0.2, -0.15) is 0 Å². The van der Waals surface area contributed by atoms with E-state index < -0.39 is 72.1 Å². The van der Waals surface area contributed by atoms with E-state index in [-0.39, 0.29) is 19.3 Å².